The summed E-state index contributed by atoms with van der Waals surface area (Å²) in [6.07, 6.45) is 3.54. The van der Waals surface area contributed by atoms with Gasteiger partial charge in [-0.3, -0.25) is 14.2 Å². The molecule has 6 heteroatoms. The standard InChI is InChI=1S/C20H19ClFN3O/c1-13(7-9-22)25(2)20(26)18-11-14-5-3-4-6-15(14)19(24-18)16-12-23-10-8-17(16)21/h3-6,8,10-13H,7,9H2,1-2H3/t13-/m1/s1. The van der Waals surface area contributed by atoms with Gasteiger partial charge in [0.15, 0.2) is 0 Å². The molecule has 1 aromatic carbocycles. The fourth-order valence-corrected chi connectivity index (χ4v) is 2.99. The SMILES string of the molecule is C[C@H](CCF)N(C)C(=O)c1cc2ccccc2c(-c2cnccc2Cl)n1. The maximum atomic E-state index is 12.9. The second kappa shape index (κ2) is 7.79. The van der Waals surface area contributed by atoms with Crippen LogP contribution in [0.5, 0.6) is 0 Å². The molecule has 0 bridgehead atoms. The first kappa shape index (κ1) is 18.3. The topological polar surface area (TPSA) is 46.1 Å². The molecule has 1 amide bonds. The van der Waals surface area contributed by atoms with Crippen molar-refractivity contribution in [1.29, 1.82) is 0 Å². The van der Waals surface area contributed by atoms with Crippen molar-refractivity contribution in [2.24, 2.45) is 0 Å². The minimum absolute atomic E-state index is 0.216. The van der Waals surface area contributed by atoms with E-state index in [0.29, 0.717) is 22.0 Å². The van der Waals surface area contributed by atoms with Crippen molar-refractivity contribution < 1.29 is 9.18 Å². The average molecular weight is 372 g/mol. The van der Waals surface area contributed by atoms with E-state index in [-0.39, 0.29) is 18.4 Å². The van der Waals surface area contributed by atoms with Gasteiger partial charge in [0.25, 0.3) is 5.91 Å². The van der Waals surface area contributed by atoms with Crippen LogP contribution in [-0.4, -0.2) is 40.5 Å². The first-order valence-electron chi connectivity index (χ1n) is 8.35. The lowest BCUT2D eigenvalue weighted by Gasteiger charge is -2.24. The Hall–Kier alpha value is -2.53. The molecule has 4 nitrogen and oxygen atoms in total. The third-order valence-electron chi connectivity index (χ3n) is 4.49. The van der Waals surface area contributed by atoms with Crippen LogP contribution in [0.4, 0.5) is 4.39 Å². The largest absolute Gasteiger partial charge is 0.338 e. The molecule has 0 unspecified atom stereocenters. The van der Waals surface area contributed by atoms with Crippen LogP contribution < -0.4 is 0 Å². The Bertz CT molecular complexity index is 947. The van der Waals surface area contributed by atoms with Crippen LogP contribution in [-0.2, 0) is 0 Å². The predicted molar refractivity (Wildman–Crippen MR) is 102 cm³/mol. The summed E-state index contributed by atoms with van der Waals surface area (Å²) in [5.41, 5.74) is 1.57. The maximum absolute atomic E-state index is 12.9. The molecule has 134 valence electrons. The second-order valence-electron chi connectivity index (χ2n) is 6.18. The molecular formula is C20H19ClFN3O. The van der Waals surface area contributed by atoms with Gasteiger partial charge < -0.3 is 4.90 Å². The molecule has 0 aliphatic rings. The van der Waals surface area contributed by atoms with Crippen molar-refractivity contribution in [2.45, 2.75) is 19.4 Å². The zero-order valence-corrected chi connectivity index (χ0v) is 15.4. The summed E-state index contributed by atoms with van der Waals surface area (Å²) in [7, 11) is 1.66. The number of hydrogen-bond acceptors (Lipinski definition) is 3. The van der Waals surface area contributed by atoms with Crippen LogP contribution in [0.2, 0.25) is 5.02 Å². The molecule has 2 heterocycles. The predicted octanol–water partition coefficient (Wildman–Crippen LogP) is 4.77. The van der Waals surface area contributed by atoms with Crippen molar-refractivity contribution >= 4 is 28.3 Å². The molecular weight excluding hydrogens is 353 g/mol. The minimum atomic E-state index is -0.472. The number of nitrogens with zero attached hydrogens (tertiary/aromatic N) is 3. The van der Waals surface area contributed by atoms with Gasteiger partial charge in [0, 0.05) is 36.4 Å². The lowest BCUT2D eigenvalue weighted by Crippen LogP contribution is -2.35. The first-order valence-corrected chi connectivity index (χ1v) is 8.73. The van der Waals surface area contributed by atoms with Crippen molar-refractivity contribution in [1.82, 2.24) is 14.9 Å². The quantitative estimate of drug-likeness (QED) is 0.649. The Morgan fingerprint density at radius 3 is 2.81 bits per heavy atom. The first-order chi connectivity index (χ1) is 12.5. The fourth-order valence-electron chi connectivity index (χ4n) is 2.80. The molecule has 3 aromatic rings. The Morgan fingerprint density at radius 2 is 2.08 bits per heavy atom. The summed E-state index contributed by atoms with van der Waals surface area (Å²) < 4.78 is 12.6. The molecule has 0 spiro atoms. The number of pyridine rings is 2. The number of alkyl halides is 1. The number of carbonyl (C=O) groups is 1. The molecule has 0 saturated heterocycles. The van der Waals surface area contributed by atoms with Crippen LogP contribution in [0.25, 0.3) is 22.0 Å². The van der Waals surface area contributed by atoms with E-state index < -0.39 is 6.67 Å². The van der Waals surface area contributed by atoms with E-state index >= 15 is 0 Å². The summed E-state index contributed by atoms with van der Waals surface area (Å²) in [5, 5.41) is 2.28. The molecule has 1 atom stereocenters. The number of fused-ring (bicyclic) bond motifs is 1. The number of rotatable bonds is 5. The van der Waals surface area contributed by atoms with Gasteiger partial charge in [-0.25, -0.2) is 4.98 Å². The van der Waals surface area contributed by atoms with Gasteiger partial charge in [0.2, 0.25) is 0 Å². The molecule has 2 aromatic heterocycles. The highest BCUT2D eigenvalue weighted by molar-refractivity contribution is 6.33. The number of hydrogen-bond donors (Lipinski definition) is 0. The van der Waals surface area contributed by atoms with Crippen molar-refractivity contribution in [3.8, 4) is 11.3 Å². The molecule has 0 aliphatic heterocycles. The number of amides is 1. The van der Waals surface area contributed by atoms with Crippen LogP contribution in [0, 0.1) is 0 Å². The molecule has 0 fully saturated rings. The summed E-state index contributed by atoms with van der Waals surface area (Å²) in [4.78, 5) is 23.1. The van der Waals surface area contributed by atoms with E-state index in [1.165, 1.54) is 4.90 Å². The summed E-state index contributed by atoms with van der Waals surface area (Å²) in [6, 6.07) is 10.9. The normalized spacial score (nSPS) is 12.2. The highest BCUT2D eigenvalue weighted by atomic mass is 35.5. The monoisotopic (exact) mass is 371 g/mol. The molecule has 0 saturated carbocycles. The number of halogens is 2. The van der Waals surface area contributed by atoms with Crippen molar-refractivity contribution in [2.75, 3.05) is 13.7 Å². The molecule has 0 N–H and O–H groups in total. The van der Waals surface area contributed by atoms with E-state index in [0.717, 1.165) is 10.8 Å². The number of benzene rings is 1. The molecule has 26 heavy (non-hydrogen) atoms. The highest BCUT2D eigenvalue weighted by Crippen LogP contribution is 2.32. The van der Waals surface area contributed by atoms with Gasteiger partial charge in [0.05, 0.1) is 17.4 Å². The van der Waals surface area contributed by atoms with E-state index in [1.807, 2.05) is 31.2 Å². The molecule has 3 rings (SSSR count). The fraction of sp³-hybridized carbons (Fsp3) is 0.250. The van der Waals surface area contributed by atoms with Gasteiger partial charge in [0.1, 0.15) is 5.69 Å². The second-order valence-corrected chi connectivity index (χ2v) is 6.58. The number of carbonyl (C=O) groups excluding carboxylic acids is 1. The zero-order chi connectivity index (χ0) is 18.7. The Balaban J connectivity index is 2.14. The van der Waals surface area contributed by atoms with E-state index in [2.05, 4.69) is 9.97 Å². The lowest BCUT2D eigenvalue weighted by atomic mass is 10.0. The van der Waals surface area contributed by atoms with E-state index in [9.17, 15) is 9.18 Å². The third kappa shape index (κ3) is 3.53. The van der Waals surface area contributed by atoms with Gasteiger partial charge in [-0.05, 0) is 30.9 Å². The summed E-state index contributed by atoms with van der Waals surface area (Å²) >= 11 is 6.33. The van der Waals surface area contributed by atoms with Crippen molar-refractivity contribution in [3.05, 3.63) is 59.5 Å². The molecule has 0 radical (unpaired) electrons. The van der Waals surface area contributed by atoms with Crippen LogP contribution in [0.1, 0.15) is 23.8 Å². The third-order valence-corrected chi connectivity index (χ3v) is 4.82. The minimum Gasteiger partial charge on any atom is -0.338 e. The van der Waals surface area contributed by atoms with Crippen LogP contribution >= 0.6 is 11.6 Å². The Morgan fingerprint density at radius 1 is 1.31 bits per heavy atom. The number of aromatic nitrogens is 2. The van der Waals surface area contributed by atoms with Gasteiger partial charge in [-0.2, -0.15) is 0 Å². The molecule has 0 aliphatic carbocycles. The average Bonchev–Trinajstić information content (AvgIpc) is 2.66. The lowest BCUT2D eigenvalue weighted by molar-refractivity contribution is 0.0727. The smallest absolute Gasteiger partial charge is 0.272 e. The van der Waals surface area contributed by atoms with Crippen LogP contribution in [0.3, 0.4) is 0 Å². The summed E-state index contributed by atoms with van der Waals surface area (Å²) in [6.45, 7) is 1.35. The Kier molecular flexibility index (Phi) is 5.47. The van der Waals surface area contributed by atoms with Gasteiger partial charge >= 0.3 is 0 Å². The highest BCUT2D eigenvalue weighted by Gasteiger charge is 2.21. The van der Waals surface area contributed by atoms with Gasteiger partial charge in [-0.15, -0.1) is 0 Å². The maximum Gasteiger partial charge on any atom is 0.272 e. The van der Waals surface area contributed by atoms with E-state index in [4.69, 9.17) is 11.6 Å². The van der Waals surface area contributed by atoms with Crippen molar-refractivity contribution in [3.63, 3.8) is 0 Å². The van der Waals surface area contributed by atoms with Gasteiger partial charge in [-0.1, -0.05) is 35.9 Å². The summed E-state index contributed by atoms with van der Waals surface area (Å²) in [5.74, 6) is -0.252. The van der Waals surface area contributed by atoms with E-state index in [1.54, 1.807) is 31.6 Å². The zero-order valence-electron chi connectivity index (χ0n) is 14.6. The van der Waals surface area contributed by atoms with Crippen LogP contribution in [0.15, 0.2) is 48.8 Å². The Labute approximate surface area is 156 Å².